The Labute approximate surface area is 509 Å². The van der Waals surface area contributed by atoms with Gasteiger partial charge in [0, 0.05) is 23.4 Å². The number of aromatic nitrogens is 4. The largest absolute Gasteiger partial charge is 0.481 e. The van der Waals surface area contributed by atoms with Gasteiger partial charge in [0.1, 0.15) is 97.2 Å². The number of amides is 7. The molecule has 0 aliphatic carbocycles. The lowest BCUT2D eigenvalue weighted by molar-refractivity contribution is -0.147. The topological polar surface area (TPSA) is 705 Å². The summed E-state index contributed by atoms with van der Waals surface area (Å²) in [5, 5.41) is 177. The highest BCUT2D eigenvalue weighted by atomic mass is 32.1. The third kappa shape index (κ3) is 22.0. The van der Waals surface area contributed by atoms with Crippen molar-refractivity contribution in [2.45, 2.75) is 129 Å². The van der Waals surface area contributed by atoms with E-state index in [0.717, 1.165) is 0 Å². The molecule has 42 heteroatoms. The molecule has 0 aliphatic rings. The molecule has 0 aliphatic heterocycles. The fourth-order valence-electron chi connectivity index (χ4n) is 7.77. The van der Waals surface area contributed by atoms with E-state index in [-0.39, 0.29) is 29.2 Å². The van der Waals surface area contributed by atoms with Crippen molar-refractivity contribution < 1.29 is 134 Å². The molecule has 1 aromatic carbocycles. The van der Waals surface area contributed by atoms with E-state index in [1.54, 1.807) is 26.6 Å². The van der Waals surface area contributed by atoms with Gasteiger partial charge in [0.25, 0.3) is 11.5 Å². The van der Waals surface area contributed by atoms with E-state index in [2.05, 4.69) is 43.2 Å². The Morgan fingerprint density at radius 3 is 1.36 bits per heavy atom. The van der Waals surface area contributed by atoms with Crippen LogP contribution in [0.1, 0.15) is 41.7 Å². The zero-order valence-corrected chi connectivity index (χ0v) is 47.3. The number of carbonyl (C=O) groups excluding carboxylic acids is 7. The molecule has 41 nitrogen and oxygen atoms in total. The number of nitrogens with zero attached hydrogens (tertiary/aromatic N) is 3. The van der Waals surface area contributed by atoms with Crippen molar-refractivity contribution in [1.82, 2.24) is 57.2 Å². The Bertz CT molecular complexity index is 3090. The van der Waals surface area contributed by atoms with Crippen LogP contribution >= 0.6 is 12.6 Å². The average Bonchev–Trinajstić information content (AvgIpc) is 1.05. The maximum atomic E-state index is 14.0. The molecule has 0 spiro atoms. The lowest BCUT2D eigenvalue weighted by atomic mass is 9.98. The van der Waals surface area contributed by atoms with Gasteiger partial charge in [-0.1, -0.05) is 0 Å². The molecule has 1 unspecified atom stereocenters. The number of rotatable bonds is 38. The minimum absolute atomic E-state index is 0.00782. The first-order valence-corrected chi connectivity index (χ1v) is 26.8. The van der Waals surface area contributed by atoms with Gasteiger partial charge in [-0.05, 0) is 30.7 Å². The van der Waals surface area contributed by atoms with Crippen LogP contribution in [0.3, 0.4) is 0 Å². The fraction of sp³-hybridized carbons (Fsp3) is 0.521. The van der Waals surface area contributed by atoms with Crippen LogP contribution in [0, 0.1) is 0 Å². The molecular weight excluding hydrogens is 1240 g/mol. The number of nitrogens with two attached hydrogens (primary N) is 1. The highest BCUT2D eigenvalue weighted by molar-refractivity contribution is 7.80. The van der Waals surface area contributed by atoms with E-state index in [4.69, 9.17) is 5.73 Å². The number of aliphatic hydroxyl groups excluding tert-OH is 12. The lowest BCUT2D eigenvalue weighted by Gasteiger charge is -2.33. The van der Waals surface area contributed by atoms with Crippen LogP contribution < -0.4 is 53.8 Å². The number of carboxylic acids is 4. The minimum atomic E-state index is -2.93. The van der Waals surface area contributed by atoms with Crippen molar-refractivity contribution in [2.24, 2.45) is 0 Å². The van der Waals surface area contributed by atoms with Crippen LogP contribution in [0.4, 0.5) is 11.6 Å². The van der Waals surface area contributed by atoms with Crippen molar-refractivity contribution >= 4 is 101 Å². The smallest absolute Gasteiger partial charge is 0.327 e. The number of fused-ring (bicyclic) bond motifs is 1. The van der Waals surface area contributed by atoms with E-state index < -0.39 is 219 Å². The van der Waals surface area contributed by atoms with Crippen molar-refractivity contribution in [1.29, 1.82) is 0 Å². The molecule has 0 radical (unpaired) electrons. The van der Waals surface area contributed by atoms with Gasteiger partial charge >= 0.3 is 23.9 Å². The zero-order valence-electron chi connectivity index (χ0n) is 46.4. The van der Waals surface area contributed by atoms with Gasteiger partial charge in [-0.25, -0.2) is 19.6 Å². The van der Waals surface area contributed by atoms with Crippen LogP contribution in [0.5, 0.6) is 0 Å². The first kappa shape index (κ1) is 75.3. The Morgan fingerprint density at radius 2 is 0.956 bits per heavy atom. The van der Waals surface area contributed by atoms with Crippen LogP contribution in [-0.2, 0) is 54.5 Å². The van der Waals surface area contributed by atoms with Gasteiger partial charge in [0.15, 0.2) is 11.2 Å². The molecule has 0 bridgehead atoms. The highest BCUT2D eigenvalue weighted by Crippen LogP contribution is 2.16. The molecule has 90 heavy (non-hydrogen) atoms. The molecule has 3 aromatic rings. The number of hydrogen-bond acceptors (Lipinski definition) is 30. The van der Waals surface area contributed by atoms with Crippen LogP contribution in [0.15, 0.2) is 35.3 Å². The van der Waals surface area contributed by atoms with Gasteiger partial charge in [0.2, 0.25) is 41.4 Å². The van der Waals surface area contributed by atoms with Gasteiger partial charge in [0.05, 0.1) is 51.1 Å². The lowest BCUT2D eigenvalue weighted by Crippen LogP contribution is -2.66. The van der Waals surface area contributed by atoms with Gasteiger partial charge in [-0.2, -0.15) is 17.6 Å². The second-order valence-electron chi connectivity index (χ2n) is 19.4. The maximum Gasteiger partial charge on any atom is 0.327 e. The molecule has 0 saturated heterocycles. The first-order chi connectivity index (χ1) is 42.2. The quantitative estimate of drug-likeness (QED) is 0.0237. The van der Waals surface area contributed by atoms with Crippen LogP contribution in [-0.4, -0.2) is 290 Å². The Kier molecular flexibility index (Phi) is 29.6. The number of thiol groups is 1. The number of aliphatic hydroxyl groups is 12. The second kappa shape index (κ2) is 35.3. The summed E-state index contributed by atoms with van der Waals surface area (Å²) in [7, 11) is 0. The van der Waals surface area contributed by atoms with Gasteiger partial charge in [-0.15, -0.1) is 0 Å². The first-order valence-electron chi connectivity index (χ1n) is 26.1. The number of aromatic amines is 1. The summed E-state index contributed by atoms with van der Waals surface area (Å²) in [5.41, 5.74) is 5.35. The Morgan fingerprint density at radius 1 is 0.533 bits per heavy atom. The molecule has 498 valence electrons. The molecule has 16 atom stereocenters. The van der Waals surface area contributed by atoms with Crippen molar-refractivity contribution in [3.63, 3.8) is 0 Å². The van der Waals surface area contributed by atoms with E-state index in [1.165, 1.54) is 30.5 Å². The summed E-state index contributed by atoms with van der Waals surface area (Å²) in [6.07, 6.45) is -26.9. The monoisotopic (exact) mass is 1310 g/mol. The Balaban J connectivity index is 1.91. The molecule has 0 saturated carbocycles. The van der Waals surface area contributed by atoms with Crippen molar-refractivity contribution in [3.8, 4) is 0 Å². The third-order valence-electron chi connectivity index (χ3n) is 12.8. The summed E-state index contributed by atoms with van der Waals surface area (Å²) in [5.74, 6) is -20.1. The summed E-state index contributed by atoms with van der Waals surface area (Å²) < 4.78 is 0. The normalized spacial score (nSPS) is 16.7. The molecule has 0 fully saturated rings. The number of carbonyl (C=O) groups is 11. The zero-order chi connectivity index (χ0) is 68.0. The van der Waals surface area contributed by atoms with E-state index in [9.17, 15) is 139 Å². The molecule has 7 amide bonds. The summed E-state index contributed by atoms with van der Waals surface area (Å²) in [4.78, 5) is 170. The average molecular weight is 1310 g/mol. The van der Waals surface area contributed by atoms with Crippen molar-refractivity contribution in [2.75, 3.05) is 36.6 Å². The minimum Gasteiger partial charge on any atom is -0.481 e. The predicted octanol–water partition coefficient (Wildman–Crippen LogP) is -13.0. The van der Waals surface area contributed by atoms with E-state index >= 15 is 0 Å². The SMILES string of the molecule is Nc1nc2ncc(CNc3ccc(C(=O)N[C@@H](CCC(=O)N[C@H](C(=O)N[C@@H](CC(=O)O)C(=O)N[C@H](C(=O)N[C@@H](CC(=O)O)C(=O)N[C@H](C(=O)NC(CS)C(=O)O)[C@@H](O)[C@H](O)[C@H](O)CO)[C@@H](O)[C@H](O)[C@H](O)CO)[C@@H](O)[C@H](O)[C@H](O)CO)C(=O)O)cc3)nc2c(=O)[nH]1. The molecule has 3 rings (SSSR count). The van der Waals surface area contributed by atoms with Gasteiger partial charge in [-0.3, -0.25) is 52.9 Å². The molecule has 2 aromatic heterocycles. The number of anilines is 2. The number of hydrogen-bond donors (Lipinski definition) is 27. The van der Waals surface area contributed by atoms with E-state index in [1.807, 2.05) is 5.32 Å². The van der Waals surface area contributed by atoms with Crippen LogP contribution in [0.25, 0.3) is 11.2 Å². The third-order valence-corrected chi connectivity index (χ3v) is 13.1. The van der Waals surface area contributed by atoms with Crippen molar-refractivity contribution in [3.05, 3.63) is 52.1 Å². The number of nitrogens with one attached hydrogen (secondary N) is 9. The summed E-state index contributed by atoms with van der Waals surface area (Å²) >= 11 is 3.74. The number of benzene rings is 1. The molecular formula is C48H67N13O28S. The summed E-state index contributed by atoms with van der Waals surface area (Å²) in [6.45, 7) is -4.04. The Hall–Kier alpha value is -8.92. The molecule has 27 N–H and O–H groups in total. The highest BCUT2D eigenvalue weighted by Gasteiger charge is 2.44. The number of H-pyrrole nitrogens is 1. The van der Waals surface area contributed by atoms with Gasteiger partial charge < -0.3 is 130 Å². The predicted molar refractivity (Wildman–Crippen MR) is 297 cm³/mol. The molecule has 2 heterocycles. The fourth-order valence-corrected chi connectivity index (χ4v) is 8.02. The second-order valence-corrected chi connectivity index (χ2v) is 19.8. The number of carboxylic acid groups (broad SMARTS) is 4. The van der Waals surface area contributed by atoms with Crippen LogP contribution in [0.2, 0.25) is 0 Å². The maximum absolute atomic E-state index is 14.0. The number of nitrogen functional groups attached to an aromatic ring is 1. The summed E-state index contributed by atoms with van der Waals surface area (Å²) in [6, 6.07) is -11.9. The standard InChI is InChI=1S/C48H67N13O28S/c49-48-60-38-31(45(85)61-48)52-17(10-51-38)9-50-16-3-1-15(2-4-16)39(79)53-18(46(86)87)5-6-25(68)57-28(35(76)32(73)22(65)11-62)42(82)54-19(7-26(69)70)40(80)58-29(36(77)33(74)23(66)12-63)43(83)55-20(8-27(71)72)41(81)59-30(37(78)34(75)24(67)13-64)44(84)56-21(14-90)47(88)89/h1-4,10,18-24,28-30,32-37,50,62-67,73-78,90H,5-9,11-14H2,(H,53,79)(H,54,82)(H,55,83)(H,56,84)(H,57,68)(H,58,80)(H,59,81)(H,69,70)(H,71,72)(H,86,87)(H,88,89)(H3,49,51,60,61,85)/t18-,19-,20-,21?,22+,23+,24+,28-,29-,30-,32+,33+,34+,35+,36+,37+/m0/s1. The number of aliphatic carboxylic acids is 4. The van der Waals surface area contributed by atoms with E-state index in [0.29, 0.717) is 11.4 Å².